The van der Waals surface area contributed by atoms with E-state index >= 15 is 0 Å². The summed E-state index contributed by atoms with van der Waals surface area (Å²) in [5, 5.41) is 0. The Morgan fingerprint density at radius 3 is 2.64 bits per heavy atom. The Balaban J connectivity index is 2.68. The monoisotopic (exact) mass is 194 g/mol. The number of hydrogen-bond acceptors (Lipinski definition) is 2. The average molecular weight is 194 g/mol. The quantitative estimate of drug-likeness (QED) is 0.472. The third kappa shape index (κ3) is 3.71. The topological polar surface area (TPSA) is 18.5 Å². The van der Waals surface area contributed by atoms with Gasteiger partial charge in [0, 0.05) is 6.10 Å². The van der Waals surface area contributed by atoms with Crippen molar-refractivity contribution in [2.24, 2.45) is 0 Å². The zero-order valence-electron chi connectivity index (χ0n) is 9.76. The summed E-state index contributed by atoms with van der Waals surface area (Å²) in [7, 11) is -0.247. The van der Waals surface area contributed by atoms with Gasteiger partial charge in [-0.2, -0.15) is 0 Å². The molecule has 0 aliphatic carbocycles. The molecule has 14 heavy (non-hydrogen) atoms. The zero-order valence-corrected chi connectivity index (χ0v) is 9.76. The smallest absolute Gasteiger partial charge is 0.405 e. The Hall–Kier alpha value is -0.495. The van der Waals surface area contributed by atoms with Crippen molar-refractivity contribution < 1.29 is 9.31 Å². The number of allylic oxidation sites excluding steroid dienone is 1. The van der Waals surface area contributed by atoms with Crippen LogP contribution in [0.4, 0.5) is 0 Å². The predicted molar refractivity (Wildman–Crippen MR) is 59.0 cm³/mol. The van der Waals surface area contributed by atoms with Gasteiger partial charge in [0.05, 0.1) is 5.60 Å². The van der Waals surface area contributed by atoms with Gasteiger partial charge in [-0.3, -0.25) is 0 Å². The third-order valence-electron chi connectivity index (χ3n) is 2.09. The van der Waals surface area contributed by atoms with Gasteiger partial charge in [0.1, 0.15) is 0 Å². The first-order chi connectivity index (χ1) is 6.39. The largest absolute Gasteiger partial charge is 0.494 e. The Bertz CT molecular complexity index is 260. The molecule has 1 atom stereocenters. The summed E-state index contributed by atoms with van der Waals surface area (Å²) in [6.07, 6.45) is 1.19. The summed E-state index contributed by atoms with van der Waals surface area (Å²) >= 11 is 0. The highest BCUT2D eigenvalue weighted by molar-refractivity contribution is 6.51. The molecule has 1 aliphatic heterocycles. The van der Waals surface area contributed by atoms with Crippen LogP contribution in [0.15, 0.2) is 17.3 Å². The fraction of sp³-hybridized carbons (Fsp3) is 0.727. The maximum Gasteiger partial charge on any atom is 0.494 e. The molecule has 0 radical (unpaired) electrons. The number of hydrogen-bond donors (Lipinski definition) is 0. The van der Waals surface area contributed by atoms with Gasteiger partial charge in [0.2, 0.25) is 0 Å². The first kappa shape index (κ1) is 11.6. The maximum absolute atomic E-state index is 5.74. The fourth-order valence-corrected chi connectivity index (χ4v) is 1.67. The molecule has 0 aromatic rings. The van der Waals surface area contributed by atoms with Gasteiger partial charge in [-0.25, -0.2) is 0 Å². The molecule has 0 amide bonds. The number of rotatable bonds is 1. The predicted octanol–water partition coefficient (Wildman–Crippen LogP) is 2.74. The van der Waals surface area contributed by atoms with Gasteiger partial charge in [0.25, 0.3) is 0 Å². The van der Waals surface area contributed by atoms with E-state index in [-0.39, 0.29) is 18.8 Å². The van der Waals surface area contributed by atoms with E-state index < -0.39 is 0 Å². The second-order valence-electron chi connectivity index (χ2n) is 4.71. The van der Waals surface area contributed by atoms with E-state index in [4.69, 9.17) is 9.31 Å². The van der Waals surface area contributed by atoms with Crippen LogP contribution in [0.5, 0.6) is 0 Å². The van der Waals surface area contributed by atoms with Crippen molar-refractivity contribution in [1.82, 2.24) is 0 Å². The highest BCUT2D eigenvalue weighted by Crippen LogP contribution is 2.25. The van der Waals surface area contributed by atoms with Gasteiger partial charge in [0.15, 0.2) is 0 Å². The Kier molecular flexibility index (Phi) is 3.60. The molecule has 0 spiro atoms. The van der Waals surface area contributed by atoms with Crippen LogP contribution in [0.25, 0.3) is 0 Å². The molecule has 1 unspecified atom stereocenters. The van der Waals surface area contributed by atoms with Crippen molar-refractivity contribution in [3.05, 3.63) is 17.3 Å². The summed E-state index contributed by atoms with van der Waals surface area (Å²) in [5.41, 5.74) is 4.15. The lowest BCUT2D eigenvalue weighted by atomic mass is 9.83. The van der Waals surface area contributed by atoms with Crippen molar-refractivity contribution in [3.63, 3.8) is 0 Å². The molecule has 1 fully saturated rings. The van der Waals surface area contributed by atoms with Crippen LogP contribution in [-0.4, -0.2) is 18.8 Å². The van der Waals surface area contributed by atoms with Crippen molar-refractivity contribution in [2.45, 2.75) is 52.7 Å². The molecular formula is C11H19BO2. The minimum absolute atomic E-state index is 0.0951. The van der Waals surface area contributed by atoms with Crippen LogP contribution >= 0.6 is 0 Å². The van der Waals surface area contributed by atoms with Crippen LogP contribution in [0.2, 0.25) is 0 Å². The molecule has 0 N–H and O–H groups in total. The van der Waals surface area contributed by atoms with E-state index in [9.17, 15) is 0 Å². The molecule has 1 heterocycles. The Morgan fingerprint density at radius 2 is 2.14 bits per heavy atom. The maximum atomic E-state index is 5.74. The summed E-state index contributed by atoms with van der Waals surface area (Å²) in [4.78, 5) is 0. The minimum Gasteiger partial charge on any atom is -0.405 e. The Labute approximate surface area is 87.1 Å². The molecule has 0 aromatic heterocycles. The average Bonchev–Trinajstić information content (AvgIpc) is 1.96. The van der Waals surface area contributed by atoms with E-state index in [2.05, 4.69) is 26.5 Å². The fourth-order valence-electron chi connectivity index (χ4n) is 1.67. The van der Waals surface area contributed by atoms with Crippen LogP contribution in [0.1, 0.15) is 41.0 Å². The van der Waals surface area contributed by atoms with Crippen molar-refractivity contribution in [3.8, 4) is 0 Å². The van der Waals surface area contributed by atoms with Crippen LogP contribution in [0, 0.1) is 0 Å². The van der Waals surface area contributed by atoms with E-state index in [1.165, 1.54) is 0 Å². The molecule has 3 heteroatoms. The molecule has 1 saturated heterocycles. The lowest BCUT2D eigenvalue weighted by molar-refractivity contribution is -0.0236. The summed E-state index contributed by atoms with van der Waals surface area (Å²) in [5.74, 6) is 1.85. The zero-order chi connectivity index (χ0) is 10.8. The van der Waals surface area contributed by atoms with E-state index in [0.29, 0.717) is 0 Å². The molecule has 1 aliphatic rings. The summed E-state index contributed by atoms with van der Waals surface area (Å²) in [6, 6.07) is 0. The van der Waals surface area contributed by atoms with Gasteiger partial charge in [-0.1, -0.05) is 0 Å². The second-order valence-corrected chi connectivity index (χ2v) is 4.71. The van der Waals surface area contributed by atoms with Gasteiger partial charge in [-0.05, 0) is 52.6 Å². The normalized spacial score (nSPS) is 25.5. The van der Waals surface area contributed by atoms with Crippen LogP contribution < -0.4 is 0 Å². The minimum atomic E-state index is -0.247. The molecular weight excluding hydrogens is 175 g/mol. The van der Waals surface area contributed by atoms with E-state index in [0.717, 1.165) is 12.0 Å². The second kappa shape index (κ2) is 4.35. The van der Waals surface area contributed by atoms with Crippen molar-refractivity contribution in [1.29, 1.82) is 0 Å². The van der Waals surface area contributed by atoms with E-state index in [1.807, 2.05) is 19.8 Å². The molecule has 0 saturated carbocycles. The van der Waals surface area contributed by atoms with Gasteiger partial charge in [-0.15, -0.1) is 5.73 Å². The van der Waals surface area contributed by atoms with Crippen molar-refractivity contribution in [2.75, 3.05) is 0 Å². The first-order valence-electron chi connectivity index (χ1n) is 5.12. The van der Waals surface area contributed by atoms with Crippen molar-refractivity contribution >= 4 is 7.12 Å². The molecule has 0 bridgehead atoms. The highest BCUT2D eigenvalue weighted by atomic mass is 16.6. The standard InChI is InChI=1S/C11H19BO2/c1-9(2)6-7-12-13-10(3)8-11(4,5)14-12/h7,10H,8H2,1-5H3. The SMILES string of the molecule is CC(C)=C=CB1OC(C)CC(C)(C)O1. The molecule has 1 rings (SSSR count). The third-order valence-corrected chi connectivity index (χ3v) is 2.09. The van der Waals surface area contributed by atoms with Gasteiger partial charge >= 0.3 is 7.12 Å². The molecule has 0 aromatic carbocycles. The summed E-state index contributed by atoms with van der Waals surface area (Å²) < 4.78 is 11.4. The Morgan fingerprint density at radius 1 is 1.50 bits per heavy atom. The highest BCUT2D eigenvalue weighted by Gasteiger charge is 2.35. The van der Waals surface area contributed by atoms with Crippen LogP contribution in [0.3, 0.4) is 0 Å². The summed E-state index contributed by atoms with van der Waals surface area (Å²) in [6.45, 7) is 10.3. The van der Waals surface area contributed by atoms with Crippen LogP contribution in [-0.2, 0) is 9.31 Å². The molecule has 78 valence electrons. The molecule has 2 nitrogen and oxygen atoms in total. The first-order valence-corrected chi connectivity index (χ1v) is 5.12. The van der Waals surface area contributed by atoms with Gasteiger partial charge < -0.3 is 9.31 Å². The lowest BCUT2D eigenvalue weighted by Gasteiger charge is -2.37. The van der Waals surface area contributed by atoms with E-state index in [1.54, 1.807) is 0 Å². The lowest BCUT2D eigenvalue weighted by Crippen LogP contribution is -2.44.